The van der Waals surface area contributed by atoms with Gasteiger partial charge in [-0.1, -0.05) is 20.3 Å². The largest absolute Gasteiger partial charge is 0.348 e. The molecule has 18 heavy (non-hydrogen) atoms. The second kappa shape index (κ2) is 6.36. The summed E-state index contributed by atoms with van der Waals surface area (Å²) in [6.45, 7) is 7.44. The Labute approximate surface area is 112 Å². The van der Waals surface area contributed by atoms with Crippen LogP contribution in [0.5, 0.6) is 0 Å². The summed E-state index contributed by atoms with van der Waals surface area (Å²) in [4.78, 5) is 2.56. The summed E-state index contributed by atoms with van der Waals surface area (Å²) in [7, 11) is 2.28. The molecular formula is C15H29NO2. The smallest absolute Gasteiger partial charge is 0.168 e. The van der Waals surface area contributed by atoms with Gasteiger partial charge < -0.3 is 14.4 Å². The zero-order valence-corrected chi connectivity index (χ0v) is 12.3. The van der Waals surface area contributed by atoms with E-state index in [0.29, 0.717) is 0 Å². The lowest BCUT2D eigenvalue weighted by Crippen LogP contribution is -2.43. The van der Waals surface area contributed by atoms with Gasteiger partial charge in [-0.05, 0) is 32.2 Å². The standard InChI is InChI=1S/C15H29NO2/c1-4-5-13(2)12-16(3)14-6-8-15(9-7-14)17-10-11-18-15/h13-14H,4-12H2,1-3H3. The first kappa shape index (κ1) is 14.3. The van der Waals surface area contributed by atoms with Crippen molar-refractivity contribution in [3.8, 4) is 0 Å². The molecule has 2 aliphatic rings. The van der Waals surface area contributed by atoms with Crippen LogP contribution in [-0.4, -0.2) is 43.5 Å². The zero-order chi connectivity index (χ0) is 13.0. The predicted molar refractivity (Wildman–Crippen MR) is 73.6 cm³/mol. The fraction of sp³-hybridized carbons (Fsp3) is 1.00. The lowest BCUT2D eigenvalue weighted by Gasteiger charge is -2.39. The maximum atomic E-state index is 5.79. The highest BCUT2D eigenvalue weighted by Crippen LogP contribution is 2.37. The molecule has 0 N–H and O–H groups in total. The molecule has 0 amide bonds. The van der Waals surface area contributed by atoms with Crippen LogP contribution in [0.4, 0.5) is 0 Å². The van der Waals surface area contributed by atoms with Gasteiger partial charge in [0.15, 0.2) is 5.79 Å². The molecule has 1 heterocycles. The van der Waals surface area contributed by atoms with Gasteiger partial charge in [0.05, 0.1) is 13.2 Å². The fourth-order valence-corrected chi connectivity index (χ4v) is 3.49. The van der Waals surface area contributed by atoms with E-state index in [1.54, 1.807) is 0 Å². The average Bonchev–Trinajstić information content (AvgIpc) is 2.78. The molecule has 0 bridgehead atoms. The van der Waals surface area contributed by atoms with E-state index in [9.17, 15) is 0 Å². The normalized spacial score (nSPS) is 26.0. The van der Waals surface area contributed by atoms with Crippen LogP contribution in [0.1, 0.15) is 52.4 Å². The van der Waals surface area contributed by atoms with Crippen molar-refractivity contribution in [3.63, 3.8) is 0 Å². The van der Waals surface area contributed by atoms with Crippen LogP contribution in [-0.2, 0) is 9.47 Å². The van der Waals surface area contributed by atoms with E-state index in [2.05, 4.69) is 25.8 Å². The Balaban J connectivity index is 1.74. The molecule has 0 aromatic carbocycles. The molecule has 1 atom stereocenters. The highest BCUT2D eigenvalue weighted by molar-refractivity contribution is 4.86. The third kappa shape index (κ3) is 3.46. The molecule has 0 aromatic rings. The van der Waals surface area contributed by atoms with Crippen molar-refractivity contribution in [2.75, 3.05) is 26.8 Å². The maximum absolute atomic E-state index is 5.79. The van der Waals surface area contributed by atoms with Crippen LogP contribution in [0.15, 0.2) is 0 Å². The average molecular weight is 255 g/mol. The van der Waals surface area contributed by atoms with Crippen LogP contribution in [0.3, 0.4) is 0 Å². The molecule has 1 aliphatic carbocycles. The van der Waals surface area contributed by atoms with Gasteiger partial charge in [0.25, 0.3) is 0 Å². The van der Waals surface area contributed by atoms with Crippen molar-refractivity contribution in [3.05, 3.63) is 0 Å². The number of ether oxygens (including phenoxy) is 2. The van der Waals surface area contributed by atoms with Crippen LogP contribution in [0, 0.1) is 5.92 Å². The minimum Gasteiger partial charge on any atom is -0.348 e. The van der Waals surface area contributed by atoms with Crippen molar-refractivity contribution < 1.29 is 9.47 Å². The van der Waals surface area contributed by atoms with Gasteiger partial charge in [0.1, 0.15) is 0 Å². The quantitative estimate of drug-likeness (QED) is 0.753. The monoisotopic (exact) mass is 255 g/mol. The molecule has 0 radical (unpaired) electrons. The second-order valence-electron chi connectivity index (χ2n) is 6.17. The summed E-state index contributed by atoms with van der Waals surface area (Å²) in [5, 5.41) is 0. The molecule has 106 valence electrons. The van der Waals surface area contributed by atoms with E-state index >= 15 is 0 Å². The van der Waals surface area contributed by atoms with E-state index in [1.165, 1.54) is 32.2 Å². The Morgan fingerprint density at radius 2 is 1.83 bits per heavy atom. The fourth-order valence-electron chi connectivity index (χ4n) is 3.49. The minimum absolute atomic E-state index is 0.202. The molecule has 1 aliphatic heterocycles. The Bertz CT molecular complexity index is 241. The van der Waals surface area contributed by atoms with Gasteiger partial charge in [-0.2, -0.15) is 0 Å². The van der Waals surface area contributed by atoms with Crippen LogP contribution >= 0.6 is 0 Å². The van der Waals surface area contributed by atoms with E-state index in [-0.39, 0.29) is 5.79 Å². The predicted octanol–water partition coefficient (Wildman–Crippen LogP) is 3.04. The number of hydrogen-bond donors (Lipinski definition) is 0. The first-order valence-electron chi connectivity index (χ1n) is 7.63. The van der Waals surface area contributed by atoms with Crippen molar-refractivity contribution in [1.82, 2.24) is 4.90 Å². The summed E-state index contributed by atoms with van der Waals surface area (Å²) in [6.07, 6.45) is 7.22. The number of rotatable bonds is 5. The van der Waals surface area contributed by atoms with Crippen molar-refractivity contribution >= 4 is 0 Å². The van der Waals surface area contributed by atoms with Crippen molar-refractivity contribution in [1.29, 1.82) is 0 Å². The Hall–Kier alpha value is -0.120. The highest BCUT2D eigenvalue weighted by Gasteiger charge is 2.41. The SMILES string of the molecule is CCCC(C)CN(C)C1CCC2(CC1)OCCO2. The topological polar surface area (TPSA) is 21.7 Å². The molecular weight excluding hydrogens is 226 g/mol. The van der Waals surface area contributed by atoms with Crippen molar-refractivity contribution in [2.24, 2.45) is 5.92 Å². The molecule has 2 fully saturated rings. The minimum atomic E-state index is -0.202. The van der Waals surface area contributed by atoms with Gasteiger partial charge in [-0.25, -0.2) is 0 Å². The molecule has 1 spiro atoms. The zero-order valence-electron chi connectivity index (χ0n) is 12.3. The third-order valence-corrected chi connectivity index (χ3v) is 4.53. The number of hydrogen-bond acceptors (Lipinski definition) is 3. The van der Waals surface area contributed by atoms with Gasteiger partial charge in [-0.15, -0.1) is 0 Å². The molecule has 1 unspecified atom stereocenters. The second-order valence-corrected chi connectivity index (χ2v) is 6.17. The van der Waals surface area contributed by atoms with Gasteiger partial charge in [-0.3, -0.25) is 0 Å². The van der Waals surface area contributed by atoms with Gasteiger partial charge in [0.2, 0.25) is 0 Å². The van der Waals surface area contributed by atoms with Gasteiger partial charge >= 0.3 is 0 Å². The highest BCUT2D eigenvalue weighted by atomic mass is 16.7. The van der Waals surface area contributed by atoms with Crippen LogP contribution < -0.4 is 0 Å². The summed E-state index contributed by atoms with van der Waals surface area (Å²) in [5.74, 6) is 0.613. The Morgan fingerprint density at radius 3 is 2.39 bits per heavy atom. The van der Waals surface area contributed by atoms with E-state index < -0.39 is 0 Å². The molecule has 2 rings (SSSR count). The summed E-state index contributed by atoms with van der Waals surface area (Å²) in [5.41, 5.74) is 0. The van der Waals surface area contributed by atoms with E-state index in [0.717, 1.165) is 38.0 Å². The summed E-state index contributed by atoms with van der Waals surface area (Å²) >= 11 is 0. The van der Waals surface area contributed by atoms with Crippen LogP contribution in [0.2, 0.25) is 0 Å². The molecule has 1 saturated carbocycles. The summed E-state index contributed by atoms with van der Waals surface area (Å²) in [6, 6.07) is 0.725. The third-order valence-electron chi connectivity index (χ3n) is 4.53. The van der Waals surface area contributed by atoms with Gasteiger partial charge in [0, 0.05) is 25.4 Å². The van der Waals surface area contributed by atoms with Crippen LogP contribution in [0.25, 0.3) is 0 Å². The van der Waals surface area contributed by atoms with E-state index in [1.807, 2.05) is 0 Å². The number of nitrogens with zero attached hydrogens (tertiary/aromatic N) is 1. The van der Waals surface area contributed by atoms with Crippen molar-refractivity contribution in [2.45, 2.75) is 64.2 Å². The maximum Gasteiger partial charge on any atom is 0.168 e. The first-order chi connectivity index (χ1) is 8.65. The first-order valence-corrected chi connectivity index (χ1v) is 7.63. The molecule has 1 saturated heterocycles. The lowest BCUT2D eigenvalue weighted by atomic mass is 9.88. The molecule has 3 nitrogen and oxygen atoms in total. The summed E-state index contributed by atoms with van der Waals surface area (Å²) < 4.78 is 11.6. The Morgan fingerprint density at radius 1 is 1.22 bits per heavy atom. The molecule has 0 aromatic heterocycles. The Kier molecular flexibility index (Phi) is 5.05. The van der Waals surface area contributed by atoms with E-state index in [4.69, 9.17) is 9.47 Å². The molecule has 3 heteroatoms. The lowest BCUT2D eigenvalue weighted by molar-refractivity contribution is -0.183.